The van der Waals surface area contributed by atoms with Crippen LogP contribution in [0.25, 0.3) is 0 Å². The van der Waals surface area contributed by atoms with Crippen molar-refractivity contribution in [2.75, 3.05) is 6.61 Å². The Kier molecular flexibility index (Phi) is 2.42. The van der Waals surface area contributed by atoms with Crippen molar-refractivity contribution < 1.29 is 4.74 Å². The van der Waals surface area contributed by atoms with Crippen LogP contribution in [0.15, 0.2) is 30.3 Å². The van der Waals surface area contributed by atoms with Crippen LogP contribution in [0, 0.1) is 0 Å². The molecule has 1 atom stereocenters. The highest BCUT2D eigenvalue weighted by molar-refractivity contribution is 5.15. The number of ether oxygens (including phenoxy) is 1. The van der Waals surface area contributed by atoms with Gasteiger partial charge >= 0.3 is 0 Å². The van der Waals surface area contributed by atoms with Gasteiger partial charge in [0.15, 0.2) is 0 Å². The molecular formula is C11H14O. The van der Waals surface area contributed by atoms with E-state index in [1.807, 2.05) is 0 Å². The molecule has 0 aromatic heterocycles. The molecule has 64 valence electrons. The summed E-state index contributed by atoms with van der Waals surface area (Å²) in [4.78, 5) is 0. The molecule has 1 aliphatic heterocycles. The van der Waals surface area contributed by atoms with Crippen molar-refractivity contribution in [3.63, 3.8) is 0 Å². The Bertz CT molecular complexity index is 224. The molecule has 1 aromatic rings. The van der Waals surface area contributed by atoms with Gasteiger partial charge in [0.05, 0.1) is 6.10 Å². The average molecular weight is 162 g/mol. The van der Waals surface area contributed by atoms with Crippen molar-refractivity contribution in [2.45, 2.75) is 25.4 Å². The molecule has 1 nitrogen and oxygen atoms in total. The maximum atomic E-state index is 5.56. The Morgan fingerprint density at radius 1 is 1.25 bits per heavy atom. The van der Waals surface area contributed by atoms with Crippen molar-refractivity contribution in [2.24, 2.45) is 0 Å². The molecule has 0 spiro atoms. The highest BCUT2D eigenvalue weighted by Crippen LogP contribution is 2.16. The fourth-order valence-corrected chi connectivity index (χ4v) is 1.68. The van der Waals surface area contributed by atoms with Crippen LogP contribution in [0.4, 0.5) is 0 Å². The summed E-state index contributed by atoms with van der Waals surface area (Å²) in [7, 11) is 0. The largest absolute Gasteiger partial charge is 0.378 e. The third kappa shape index (κ3) is 1.86. The number of rotatable bonds is 2. The minimum Gasteiger partial charge on any atom is -0.378 e. The van der Waals surface area contributed by atoms with E-state index in [2.05, 4.69) is 30.3 Å². The summed E-state index contributed by atoms with van der Waals surface area (Å²) < 4.78 is 5.56. The fraction of sp³-hybridized carbons (Fsp3) is 0.455. The van der Waals surface area contributed by atoms with Gasteiger partial charge in [-0.15, -0.1) is 0 Å². The molecule has 1 heterocycles. The van der Waals surface area contributed by atoms with E-state index in [4.69, 9.17) is 4.74 Å². The van der Waals surface area contributed by atoms with Gasteiger partial charge in [0, 0.05) is 6.61 Å². The van der Waals surface area contributed by atoms with Gasteiger partial charge in [-0.05, 0) is 24.8 Å². The molecule has 0 amide bonds. The van der Waals surface area contributed by atoms with E-state index >= 15 is 0 Å². The van der Waals surface area contributed by atoms with Crippen LogP contribution in [0.2, 0.25) is 0 Å². The van der Waals surface area contributed by atoms with Crippen molar-refractivity contribution in [1.29, 1.82) is 0 Å². The molecule has 1 saturated heterocycles. The second-order valence-corrected chi connectivity index (χ2v) is 3.32. The van der Waals surface area contributed by atoms with E-state index in [0.717, 1.165) is 13.0 Å². The summed E-state index contributed by atoms with van der Waals surface area (Å²) in [6, 6.07) is 10.6. The second kappa shape index (κ2) is 3.72. The van der Waals surface area contributed by atoms with E-state index in [-0.39, 0.29) is 0 Å². The van der Waals surface area contributed by atoms with Gasteiger partial charge in [0.2, 0.25) is 0 Å². The smallest absolute Gasteiger partial charge is 0.0616 e. The summed E-state index contributed by atoms with van der Waals surface area (Å²) in [5.41, 5.74) is 1.39. The maximum Gasteiger partial charge on any atom is 0.0616 e. The van der Waals surface area contributed by atoms with Crippen LogP contribution >= 0.6 is 0 Å². The van der Waals surface area contributed by atoms with E-state index in [9.17, 15) is 0 Å². The minimum atomic E-state index is 0.479. The van der Waals surface area contributed by atoms with Gasteiger partial charge < -0.3 is 4.74 Å². The van der Waals surface area contributed by atoms with E-state index < -0.39 is 0 Å². The molecule has 2 rings (SSSR count). The van der Waals surface area contributed by atoms with Crippen LogP contribution in [0.5, 0.6) is 0 Å². The van der Waals surface area contributed by atoms with Gasteiger partial charge in [-0.25, -0.2) is 0 Å². The van der Waals surface area contributed by atoms with Crippen molar-refractivity contribution in [3.8, 4) is 0 Å². The second-order valence-electron chi connectivity index (χ2n) is 3.32. The zero-order chi connectivity index (χ0) is 8.23. The highest BCUT2D eigenvalue weighted by Gasteiger charge is 2.15. The molecule has 0 N–H and O–H groups in total. The standard InChI is InChI=1S/C11H14O/c1-2-5-10(6-3-1)9-11-7-4-8-12-11/h1-3,5-6,11H,4,7-9H2/t11-/m1/s1. The molecule has 0 aliphatic carbocycles. The molecule has 0 unspecified atom stereocenters. The summed E-state index contributed by atoms with van der Waals surface area (Å²) in [5.74, 6) is 0. The normalized spacial score (nSPS) is 22.8. The lowest BCUT2D eigenvalue weighted by molar-refractivity contribution is 0.111. The zero-order valence-corrected chi connectivity index (χ0v) is 7.20. The molecule has 0 saturated carbocycles. The summed E-state index contributed by atoms with van der Waals surface area (Å²) in [6.07, 6.45) is 4.03. The van der Waals surface area contributed by atoms with Gasteiger partial charge in [-0.3, -0.25) is 0 Å². The lowest BCUT2D eigenvalue weighted by Gasteiger charge is -2.08. The molecule has 1 heteroatoms. The summed E-state index contributed by atoms with van der Waals surface area (Å²) in [6.45, 7) is 0.956. The van der Waals surface area contributed by atoms with E-state index in [0.29, 0.717) is 6.10 Å². The van der Waals surface area contributed by atoms with Crippen molar-refractivity contribution >= 4 is 0 Å². The third-order valence-electron chi connectivity index (χ3n) is 2.33. The Morgan fingerprint density at radius 2 is 2.08 bits per heavy atom. The SMILES string of the molecule is c1ccc(C[C@H]2CCCO2)cc1. The first-order valence-electron chi connectivity index (χ1n) is 4.61. The molecule has 0 bridgehead atoms. The van der Waals surface area contributed by atoms with Crippen LogP contribution in [-0.4, -0.2) is 12.7 Å². The Labute approximate surface area is 73.4 Å². The van der Waals surface area contributed by atoms with Crippen molar-refractivity contribution in [3.05, 3.63) is 35.9 Å². The first-order chi connectivity index (χ1) is 5.95. The molecule has 0 radical (unpaired) electrons. The summed E-state index contributed by atoms with van der Waals surface area (Å²) in [5, 5.41) is 0. The summed E-state index contributed by atoms with van der Waals surface area (Å²) >= 11 is 0. The van der Waals surface area contributed by atoms with Gasteiger partial charge in [-0.2, -0.15) is 0 Å². The van der Waals surface area contributed by atoms with E-state index in [1.165, 1.54) is 18.4 Å². The number of hydrogen-bond donors (Lipinski definition) is 0. The molecule has 1 aliphatic rings. The van der Waals surface area contributed by atoms with Crippen LogP contribution in [0.1, 0.15) is 18.4 Å². The fourth-order valence-electron chi connectivity index (χ4n) is 1.68. The Morgan fingerprint density at radius 3 is 2.75 bits per heavy atom. The lowest BCUT2D eigenvalue weighted by atomic mass is 10.1. The van der Waals surface area contributed by atoms with Gasteiger partial charge in [0.1, 0.15) is 0 Å². The topological polar surface area (TPSA) is 9.23 Å². The number of benzene rings is 1. The molecule has 12 heavy (non-hydrogen) atoms. The molecular weight excluding hydrogens is 148 g/mol. The van der Waals surface area contributed by atoms with Crippen LogP contribution in [-0.2, 0) is 11.2 Å². The van der Waals surface area contributed by atoms with Gasteiger partial charge in [-0.1, -0.05) is 30.3 Å². The molecule has 1 aromatic carbocycles. The first kappa shape index (κ1) is 7.81. The van der Waals surface area contributed by atoms with Gasteiger partial charge in [0.25, 0.3) is 0 Å². The Balaban J connectivity index is 1.94. The number of hydrogen-bond acceptors (Lipinski definition) is 1. The van der Waals surface area contributed by atoms with E-state index in [1.54, 1.807) is 0 Å². The predicted octanol–water partition coefficient (Wildman–Crippen LogP) is 2.41. The minimum absolute atomic E-state index is 0.479. The first-order valence-corrected chi connectivity index (χ1v) is 4.61. The zero-order valence-electron chi connectivity index (χ0n) is 7.20. The average Bonchev–Trinajstić information content (AvgIpc) is 2.59. The molecule has 1 fully saturated rings. The lowest BCUT2D eigenvalue weighted by Crippen LogP contribution is -2.08. The van der Waals surface area contributed by atoms with Crippen LogP contribution < -0.4 is 0 Å². The predicted molar refractivity (Wildman–Crippen MR) is 49.1 cm³/mol. The Hall–Kier alpha value is -0.820. The highest BCUT2D eigenvalue weighted by atomic mass is 16.5. The van der Waals surface area contributed by atoms with Crippen molar-refractivity contribution in [1.82, 2.24) is 0 Å². The van der Waals surface area contributed by atoms with Crippen LogP contribution in [0.3, 0.4) is 0 Å². The third-order valence-corrected chi connectivity index (χ3v) is 2.33. The monoisotopic (exact) mass is 162 g/mol. The quantitative estimate of drug-likeness (QED) is 0.649. The maximum absolute atomic E-state index is 5.56.